The molecule has 1 fully saturated rings. The highest BCUT2D eigenvalue weighted by Gasteiger charge is 2.28. The molecule has 3 aromatic rings. The predicted octanol–water partition coefficient (Wildman–Crippen LogP) is 5.48. The molecule has 13 heteroatoms. The van der Waals surface area contributed by atoms with E-state index in [0.29, 0.717) is 22.1 Å². The van der Waals surface area contributed by atoms with Crippen molar-refractivity contribution in [1.82, 2.24) is 20.1 Å². The molecular formula is C30H37N5O6S2. The first-order valence-corrected chi connectivity index (χ1v) is 16.2. The van der Waals surface area contributed by atoms with Gasteiger partial charge in [-0.25, -0.2) is 9.59 Å². The van der Waals surface area contributed by atoms with Crippen molar-refractivity contribution in [3.63, 3.8) is 0 Å². The van der Waals surface area contributed by atoms with Crippen LogP contribution in [0.25, 0.3) is 0 Å². The van der Waals surface area contributed by atoms with Gasteiger partial charge in [0.15, 0.2) is 11.0 Å². The summed E-state index contributed by atoms with van der Waals surface area (Å²) in [5, 5.41) is 15.3. The van der Waals surface area contributed by atoms with Crippen molar-refractivity contribution in [2.24, 2.45) is 0 Å². The van der Waals surface area contributed by atoms with Gasteiger partial charge in [-0.3, -0.25) is 9.59 Å². The lowest BCUT2D eigenvalue weighted by Crippen LogP contribution is -2.26. The molecule has 0 atom stereocenters. The number of carbonyl (C=O) groups is 4. The van der Waals surface area contributed by atoms with E-state index in [1.54, 1.807) is 26.8 Å². The molecule has 1 saturated carbocycles. The molecule has 0 spiro atoms. The van der Waals surface area contributed by atoms with Crippen LogP contribution in [0.3, 0.4) is 0 Å². The molecule has 0 bridgehead atoms. The molecule has 0 saturated heterocycles. The summed E-state index contributed by atoms with van der Waals surface area (Å²) in [6.45, 7) is 7.49. The summed E-state index contributed by atoms with van der Waals surface area (Å²) in [4.78, 5) is 51.3. The number of aromatic nitrogens is 3. The Morgan fingerprint density at radius 2 is 1.74 bits per heavy atom. The standard InChI is InChI=1S/C30H37N5O6S2/c1-5-40-28(38)24-19(4)25(29(39)41-6-2)43-27(24)32-23(36)17-42-30-34-33-22(35(30)21-13-8-7-9-14-21)16-31-26(37)20-12-10-11-18(3)15-20/h10-12,15,21H,5-9,13-14,16-17H2,1-4H3,(H,31,37)(H,32,36). The number of aryl methyl sites for hydroxylation is 1. The van der Waals surface area contributed by atoms with E-state index in [0.717, 1.165) is 42.6 Å². The zero-order chi connectivity index (χ0) is 30.9. The van der Waals surface area contributed by atoms with E-state index < -0.39 is 11.9 Å². The van der Waals surface area contributed by atoms with Crippen LogP contribution in [0.15, 0.2) is 29.4 Å². The maximum absolute atomic E-state index is 13.1. The highest BCUT2D eigenvalue weighted by molar-refractivity contribution is 7.99. The summed E-state index contributed by atoms with van der Waals surface area (Å²) in [5.74, 6) is -1.12. The topological polar surface area (TPSA) is 142 Å². The molecule has 0 unspecified atom stereocenters. The Bertz CT molecular complexity index is 1480. The second-order valence-corrected chi connectivity index (χ2v) is 12.1. The zero-order valence-electron chi connectivity index (χ0n) is 24.9. The minimum atomic E-state index is -0.621. The number of ether oxygens (including phenoxy) is 2. The van der Waals surface area contributed by atoms with Gasteiger partial charge in [-0.1, -0.05) is 48.7 Å². The Balaban J connectivity index is 1.49. The van der Waals surface area contributed by atoms with Crippen LogP contribution in [0.4, 0.5) is 5.00 Å². The van der Waals surface area contributed by atoms with Gasteiger partial charge in [0.2, 0.25) is 5.91 Å². The highest BCUT2D eigenvalue weighted by atomic mass is 32.2. The number of hydrogen-bond donors (Lipinski definition) is 2. The number of rotatable bonds is 12. The van der Waals surface area contributed by atoms with Gasteiger partial charge in [0.05, 0.1) is 31.1 Å². The summed E-state index contributed by atoms with van der Waals surface area (Å²) >= 11 is 2.22. The molecule has 0 radical (unpaired) electrons. The van der Waals surface area contributed by atoms with Crippen molar-refractivity contribution in [1.29, 1.82) is 0 Å². The number of benzene rings is 1. The van der Waals surface area contributed by atoms with E-state index in [1.165, 1.54) is 18.2 Å². The monoisotopic (exact) mass is 627 g/mol. The first-order valence-electron chi connectivity index (χ1n) is 14.4. The predicted molar refractivity (Wildman–Crippen MR) is 165 cm³/mol. The normalized spacial score (nSPS) is 13.4. The third-order valence-electron chi connectivity index (χ3n) is 7.03. The fraction of sp³-hybridized carbons (Fsp3) is 0.467. The molecule has 230 valence electrons. The van der Waals surface area contributed by atoms with Crippen LogP contribution in [0.1, 0.15) is 99.3 Å². The Labute approximate surface area is 259 Å². The molecule has 2 heterocycles. The van der Waals surface area contributed by atoms with E-state index in [1.807, 2.05) is 29.7 Å². The fourth-order valence-electron chi connectivity index (χ4n) is 5.01. The number of nitrogens with one attached hydrogen (secondary N) is 2. The molecule has 2 aromatic heterocycles. The number of hydrogen-bond acceptors (Lipinski definition) is 10. The second kappa shape index (κ2) is 15.1. The number of nitrogens with zero attached hydrogens (tertiary/aromatic N) is 3. The maximum Gasteiger partial charge on any atom is 0.348 e. The second-order valence-electron chi connectivity index (χ2n) is 10.2. The van der Waals surface area contributed by atoms with Gasteiger partial charge in [-0.2, -0.15) is 0 Å². The molecule has 2 amide bonds. The summed E-state index contributed by atoms with van der Waals surface area (Å²) in [6, 6.07) is 7.56. The van der Waals surface area contributed by atoms with E-state index in [-0.39, 0.29) is 58.8 Å². The highest BCUT2D eigenvalue weighted by Crippen LogP contribution is 2.35. The maximum atomic E-state index is 13.1. The average Bonchev–Trinajstić information content (AvgIpc) is 3.55. The van der Waals surface area contributed by atoms with Crippen LogP contribution in [0, 0.1) is 13.8 Å². The third-order valence-corrected chi connectivity index (χ3v) is 9.17. The van der Waals surface area contributed by atoms with Crippen LogP contribution in [0.2, 0.25) is 0 Å². The largest absolute Gasteiger partial charge is 0.462 e. The molecule has 4 rings (SSSR count). The molecule has 0 aliphatic heterocycles. The number of amides is 2. The Hall–Kier alpha value is -3.71. The van der Waals surface area contributed by atoms with Crippen LogP contribution in [-0.2, 0) is 20.8 Å². The number of anilines is 1. The van der Waals surface area contributed by atoms with Gasteiger partial charge >= 0.3 is 11.9 Å². The summed E-state index contributed by atoms with van der Waals surface area (Å²) in [6.07, 6.45) is 5.26. The van der Waals surface area contributed by atoms with Gasteiger partial charge in [0.25, 0.3) is 5.91 Å². The summed E-state index contributed by atoms with van der Waals surface area (Å²) in [5.41, 5.74) is 2.12. The van der Waals surface area contributed by atoms with Crippen molar-refractivity contribution in [3.05, 3.63) is 57.2 Å². The quantitative estimate of drug-likeness (QED) is 0.197. The van der Waals surface area contributed by atoms with Crippen LogP contribution in [0.5, 0.6) is 0 Å². The van der Waals surface area contributed by atoms with Crippen LogP contribution < -0.4 is 10.6 Å². The number of carbonyl (C=O) groups excluding carboxylic acids is 4. The summed E-state index contributed by atoms with van der Waals surface area (Å²) in [7, 11) is 0. The molecule has 2 N–H and O–H groups in total. The van der Waals surface area contributed by atoms with Gasteiger partial charge in [-0.05, 0) is 58.2 Å². The lowest BCUT2D eigenvalue weighted by molar-refractivity contribution is -0.113. The minimum Gasteiger partial charge on any atom is -0.462 e. The van der Waals surface area contributed by atoms with Gasteiger partial charge in [0.1, 0.15) is 9.88 Å². The molecule has 1 aliphatic rings. The Morgan fingerprint density at radius 1 is 1.02 bits per heavy atom. The van der Waals surface area contributed by atoms with Gasteiger partial charge in [-0.15, -0.1) is 21.5 Å². The lowest BCUT2D eigenvalue weighted by atomic mass is 9.95. The van der Waals surface area contributed by atoms with Crippen molar-refractivity contribution < 1.29 is 28.7 Å². The Kier molecular flexibility index (Phi) is 11.3. The number of thiophene rings is 1. The van der Waals surface area contributed by atoms with E-state index in [9.17, 15) is 19.2 Å². The number of esters is 2. The zero-order valence-corrected chi connectivity index (χ0v) is 26.5. The van der Waals surface area contributed by atoms with Crippen LogP contribution in [-0.4, -0.2) is 57.5 Å². The molecule has 1 aromatic carbocycles. The van der Waals surface area contributed by atoms with E-state index in [2.05, 4.69) is 20.8 Å². The van der Waals surface area contributed by atoms with E-state index in [4.69, 9.17) is 9.47 Å². The summed E-state index contributed by atoms with van der Waals surface area (Å²) < 4.78 is 12.4. The van der Waals surface area contributed by atoms with Crippen molar-refractivity contribution in [2.45, 2.75) is 77.5 Å². The first kappa shape index (κ1) is 32.2. The first-order chi connectivity index (χ1) is 20.7. The van der Waals surface area contributed by atoms with Gasteiger partial charge in [0, 0.05) is 11.6 Å². The third kappa shape index (κ3) is 8.02. The molecule has 43 heavy (non-hydrogen) atoms. The van der Waals surface area contributed by atoms with Crippen molar-refractivity contribution >= 4 is 51.9 Å². The molecular weight excluding hydrogens is 590 g/mol. The number of thioether (sulfide) groups is 1. The molecule has 1 aliphatic carbocycles. The van der Waals surface area contributed by atoms with E-state index >= 15 is 0 Å². The fourth-order valence-corrected chi connectivity index (χ4v) is 6.94. The van der Waals surface area contributed by atoms with Crippen molar-refractivity contribution in [2.75, 3.05) is 24.3 Å². The van der Waals surface area contributed by atoms with Crippen molar-refractivity contribution in [3.8, 4) is 0 Å². The van der Waals surface area contributed by atoms with Crippen LogP contribution >= 0.6 is 23.1 Å². The smallest absolute Gasteiger partial charge is 0.348 e. The lowest BCUT2D eigenvalue weighted by Gasteiger charge is -2.25. The van der Waals surface area contributed by atoms with Gasteiger partial charge < -0.3 is 24.7 Å². The average molecular weight is 628 g/mol. The SMILES string of the molecule is CCOC(=O)c1sc(NC(=O)CSc2nnc(CNC(=O)c3cccc(C)c3)n2C2CCCCC2)c(C(=O)OCC)c1C. The molecule has 11 nitrogen and oxygen atoms in total. The minimum absolute atomic E-state index is 0.00550. The Morgan fingerprint density at radius 3 is 2.44 bits per heavy atom.